The van der Waals surface area contributed by atoms with E-state index >= 15 is 0 Å². The molecule has 0 saturated heterocycles. The molecular weight excluding hydrogens is 172 g/mol. The molecule has 1 aromatic rings. The maximum Gasteiger partial charge on any atom is 0.187 e. The van der Waals surface area contributed by atoms with Crippen molar-refractivity contribution in [3.05, 3.63) is 35.7 Å². The minimum Gasteiger partial charge on any atom is -0.370 e. The van der Waals surface area contributed by atoms with Crippen LogP contribution in [-0.4, -0.2) is 12.6 Å². The Kier molecular flexibility index (Phi) is 2.81. The van der Waals surface area contributed by atoms with Gasteiger partial charge in [-0.05, 0) is 32.9 Å². The molecule has 2 nitrogen and oxygen atoms in total. The van der Waals surface area contributed by atoms with Gasteiger partial charge >= 0.3 is 0 Å². The Bertz CT molecular complexity index is 338. The molecule has 74 valence electrons. The average Bonchev–Trinajstić information content (AvgIpc) is 2.15. The van der Waals surface area contributed by atoms with Gasteiger partial charge in [-0.25, -0.2) is 4.85 Å². The Hall–Kier alpha value is -1.49. The molecule has 0 unspecified atom stereocenters. The van der Waals surface area contributed by atoms with Crippen molar-refractivity contribution in [1.82, 2.24) is 0 Å². The Morgan fingerprint density at radius 3 is 2.00 bits per heavy atom. The van der Waals surface area contributed by atoms with Gasteiger partial charge in [-0.3, -0.25) is 0 Å². The van der Waals surface area contributed by atoms with Crippen LogP contribution in [0.3, 0.4) is 0 Å². The van der Waals surface area contributed by atoms with Crippen LogP contribution >= 0.6 is 0 Å². The van der Waals surface area contributed by atoms with E-state index < -0.39 is 0 Å². The van der Waals surface area contributed by atoms with Crippen molar-refractivity contribution in [3.8, 4) is 0 Å². The summed E-state index contributed by atoms with van der Waals surface area (Å²) in [6, 6.07) is 7.67. The van der Waals surface area contributed by atoms with Crippen molar-refractivity contribution in [2.24, 2.45) is 0 Å². The van der Waals surface area contributed by atoms with E-state index in [1.165, 1.54) is 0 Å². The number of anilines is 1. The molecule has 0 spiro atoms. The third kappa shape index (κ3) is 2.26. The average molecular weight is 188 g/mol. The maximum atomic E-state index is 6.86. The number of hydrogen-bond acceptors (Lipinski definition) is 1. The van der Waals surface area contributed by atoms with Crippen LogP contribution in [-0.2, 0) is 0 Å². The summed E-state index contributed by atoms with van der Waals surface area (Å²) >= 11 is 0. The highest BCUT2D eigenvalue weighted by atomic mass is 15.2. The van der Waals surface area contributed by atoms with E-state index in [1.807, 2.05) is 24.3 Å². The van der Waals surface area contributed by atoms with E-state index in [0.29, 0.717) is 5.69 Å². The fraction of sp³-hybridized carbons (Fsp3) is 0.417. The van der Waals surface area contributed by atoms with Gasteiger partial charge in [-0.15, -0.1) is 0 Å². The molecule has 0 radical (unpaired) electrons. The van der Waals surface area contributed by atoms with Crippen LogP contribution in [0.25, 0.3) is 4.85 Å². The molecule has 0 aliphatic rings. The Morgan fingerprint density at radius 2 is 1.64 bits per heavy atom. The summed E-state index contributed by atoms with van der Waals surface area (Å²) in [7, 11) is 2.06. The van der Waals surface area contributed by atoms with Crippen molar-refractivity contribution < 1.29 is 0 Å². The monoisotopic (exact) mass is 188 g/mol. The molecule has 0 saturated carbocycles. The summed E-state index contributed by atoms with van der Waals surface area (Å²) in [4.78, 5) is 5.56. The molecule has 1 aromatic carbocycles. The maximum absolute atomic E-state index is 6.86. The van der Waals surface area contributed by atoms with Crippen LogP contribution in [0.5, 0.6) is 0 Å². The second-order valence-electron chi connectivity index (χ2n) is 4.36. The second kappa shape index (κ2) is 3.71. The zero-order valence-electron chi connectivity index (χ0n) is 9.20. The zero-order valence-corrected chi connectivity index (χ0v) is 9.20. The van der Waals surface area contributed by atoms with Crippen molar-refractivity contribution in [3.63, 3.8) is 0 Å². The standard InChI is InChI=1S/C12H16N2/c1-12(2,3)14(5)11-8-6-10(13-4)7-9-11/h6-9H,1-3,5H3. The molecule has 0 N–H and O–H groups in total. The minimum atomic E-state index is 0.111. The molecule has 1 rings (SSSR count). The first-order chi connectivity index (χ1) is 6.45. The highest BCUT2D eigenvalue weighted by molar-refractivity contribution is 5.56. The van der Waals surface area contributed by atoms with E-state index in [1.54, 1.807) is 0 Å². The first-order valence-corrected chi connectivity index (χ1v) is 4.66. The lowest BCUT2D eigenvalue weighted by molar-refractivity contribution is 0.539. The summed E-state index contributed by atoms with van der Waals surface area (Å²) in [5, 5.41) is 0. The third-order valence-corrected chi connectivity index (χ3v) is 2.37. The fourth-order valence-corrected chi connectivity index (χ4v) is 1.14. The van der Waals surface area contributed by atoms with Crippen molar-refractivity contribution in [1.29, 1.82) is 0 Å². The van der Waals surface area contributed by atoms with Crippen molar-refractivity contribution >= 4 is 11.4 Å². The molecule has 0 amide bonds. The largest absolute Gasteiger partial charge is 0.370 e. The van der Waals surface area contributed by atoms with Gasteiger partial charge in [-0.2, -0.15) is 0 Å². The molecule has 14 heavy (non-hydrogen) atoms. The van der Waals surface area contributed by atoms with Crippen LogP contribution in [0.2, 0.25) is 0 Å². The van der Waals surface area contributed by atoms with Crippen molar-refractivity contribution in [2.45, 2.75) is 26.3 Å². The van der Waals surface area contributed by atoms with E-state index in [9.17, 15) is 0 Å². The summed E-state index contributed by atoms with van der Waals surface area (Å²) < 4.78 is 0. The summed E-state index contributed by atoms with van der Waals surface area (Å²) in [5.41, 5.74) is 1.94. The van der Waals surface area contributed by atoms with Gasteiger partial charge in [0.2, 0.25) is 0 Å². The topological polar surface area (TPSA) is 7.60 Å². The van der Waals surface area contributed by atoms with Gasteiger partial charge in [0, 0.05) is 18.3 Å². The van der Waals surface area contributed by atoms with Crippen LogP contribution in [0, 0.1) is 6.57 Å². The summed E-state index contributed by atoms with van der Waals surface area (Å²) in [6.07, 6.45) is 0. The van der Waals surface area contributed by atoms with E-state index in [-0.39, 0.29) is 5.54 Å². The highest BCUT2D eigenvalue weighted by Gasteiger charge is 2.16. The highest BCUT2D eigenvalue weighted by Crippen LogP contribution is 2.24. The fourth-order valence-electron chi connectivity index (χ4n) is 1.14. The number of hydrogen-bond donors (Lipinski definition) is 0. The lowest BCUT2D eigenvalue weighted by Gasteiger charge is -2.34. The molecule has 0 bridgehead atoms. The van der Waals surface area contributed by atoms with Gasteiger partial charge in [0.05, 0.1) is 6.57 Å². The smallest absolute Gasteiger partial charge is 0.187 e. The first kappa shape index (κ1) is 10.6. The predicted octanol–water partition coefficient (Wildman–Crippen LogP) is 3.47. The molecule has 0 fully saturated rings. The lowest BCUT2D eigenvalue weighted by Crippen LogP contribution is -2.37. The third-order valence-electron chi connectivity index (χ3n) is 2.37. The number of nitrogens with zero attached hydrogens (tertiary/aromatic N) is 2. The molecule has 0 aliphatic carbocycles. The molecule has 0 atom stereocenters. The number of benzene rings is 1. The normalized spacial score (nSPS) is 10.8. The van der Waals surface area contributed by atoms with Gasteiger partial charge in [0.1, 0.15) is 0 Å². The molecule has 2 heteroatoms. The quantitative estimate of drug-likeness (QED) is 0.612. The minimum absolute atomic E-state index is 0.111. The van der Waals surface area contributed by atoms with Crippen LogP contribution in [0.15, 0.2) is 24.3 Å². The predicted molar refractivity (Wildman–Crippen MR) is 60.9 cm³/mol. The van der Waals surface area contributed by atoms with E-state index in [0.717, 1.165) is 5.69 Å². The van der Waals surface area contributed by atoms with E-state index in [2.05, 4.69) is 37.6 Å². The lowest BCUT2D eigenvalue weighted by atomic mass is 10.1. The Balaban J connectivity index is 2.94. The van der Waals surface area contributed by atoms with Crippen LogP contribution < -0.4 is 4.90 Å². The summed E-state index contributed by atoms with van der Waals surface area (Å²) in [5.74, 6) is 0. The Morgan fingerprint density at radius 1 is 1.14 bits per heavy atom. The number of rotatable bonds is 1. The molecule has 0 aromatic heterocycles. The summed E-state index contributed by atoms with van der Waals surface area (Å²) in [6.45, 7) is 13.3. The molecular formula is C12H16N2. The zero-order chi connectivity index (χ0) is 10.8. The van der Waals surface area contributed by atoms with Gasteiger partial charge in [0.25, 0.3) is 0 Å². The van der Waals surface area contributed by atoms with Gasteiger partial charge < -0.3 is 4.90 Å². The van der Waals surface area contributed by atoms with Crippen molar-refractivity contribution in [2.75, 3.05) is 11.9 Å². The SMILES string of the molecule is [C-]#[N+]c1ccc(N(C)C(C)(C)C)cc1. The van der Waals surface area contributed by atoms with Gasteiger partial charge in [0.15, 0.2) is 5.69 Å². The molecule has 0 aliphatic heterocycles. The van der Waals surface area contributed by atoms with Crippen LogP contribution in [0.1, 0.15) is 20.8 Å². The Labute approximate surface area is 86.0 Å². The van der Waals surface area contributed by atoms with Gasteiger partial charge in [-0.1, -0.05) is 12.1 Å². The molecule has 0 heterocycles. The second-order valence-corrected chi connectivity index (χ2v) is 4.36. The first-order valence-electron chi connectivity index (χ1n) is 4.66. The van der Waals surface area contributed by atoms with Crippen LogP contribution in [0.4, 0.5) is 11.4 Å². The van der Waals surface area contributed by atoms with E-state index in [4.69, 9.17) is 6.57 Å².